The minimum absolute atomic E-state index is 0.0181. The highest BCUT2D eigenvalue weighted by Gasteiger charge is 2.38. The van der Waals surface area contributed by atoms with Crippen molar-refractivity contribution in [2.24, 2.45) is 10.9 Å². The van der Waals surface area contributed by atoms with E-state index in [1.807, 2.05) is 17.8 Å². The zero-order valence-corrected chi connectivity index (χ0v) is 22.7. The molecule has 3 aromatic rings. The van der Waals surface area contributed by atoms with Crippen LogP contribution in [0, 0.1) is 11.7 Å². The van der Waals surface area contributed by atoms with Gasteiger partial charge in [0.2, 0.25) is 0 Å². The number of halogens is 2. The van der Waals surface area contributed by atoms with Crippen LogP contribution in [-0.2, 0) is 20.9 Å². The Labute approximate surface area is 233 Å². The maximum Gasteiger partial charge on any atom is 0.338 e. The predicted octanol–water partition coefficient (Wildman–Crippen LogP) is 5.10. The lowest BCUT2D eigenvalue weighted by Gasteiger charge is -2.35. The van der Waals surface area contributed by atoms with Crippen LogP contribution < -0.4 is 5.32 Å². The number of aromatic nitrogens is 3. The molecule has 1 aromatic carbocycles. The van der Waals surface area contributed by atoms with Gasteiger partial charge in [-0.15, -0.1) is 11.3 Å². The average Bonchev–Trinajstić information content (AvgIpc) is 3.64. The number of hydrogen-bond donors (Lipinski definition) is 2. The van der Waals surface area contributed by atoms with Gasteiger partial charge in [0, 0.05) is 34.1 Å². The number of esters is 1. The zero-order valence-electron chi connectivity index (χ0n) is 21.1. The Morgan fingerprint density at radius 3 is 2.69 bits per heavy atom. The molecule has 0 saturated heterocycles. The molecule has 204 valence electrons. The van der Waals surface area contributed by atoms with E-state index in [4.69, 9.17) is 26.4 Å². The summed E-state index contributed by atoms with van der Waals surface area (Å²) in [6, 6.07) is 3.29. The molecule has 2 aliphatic rings. The van der Waals surface area contributed by atoms with E-state index in [2.05, 4.69) is 15.4 Å². The van der Waals surface area contributed by atoms with Gasteiger partial charge in [-0.1, -0.05) is 17.7 Å². The molecule has 0 bridgehead atoms. The number of nitrogens with zero attached hydrogens (tertiary/aromatic N) is 4. The van der Waals surface area contributed by atoms with Gasteiger partial charge in [0.15, 0.2) is 10.8 Å². The molecule has 1 atom stereocenters. The van der Waals surface area contributed by atoms with E-state index < -0.39 is 23.8 Å². The predicted molar refractivity (Wildman–Crippen MR) is 144 cm³/mol. The Kier molecular flexibility index (Phi) is 8.08. The second-order valence-corrected chi connectivity index (χ2v) is 10.9. The van der Waals surface area contributed by atoms with Gasteiger partial charge in [-0.3, -0.25) is 14.5 Å². The maximum atomic E-state index is 13.9. The summed E-state index contributed by atoms with van der Waals surface area (Å²) in [7, 11) is 1.33. The topological polar surface area (TPSA) is 119 Å². The van der Waals surface area contributed by atoms with Gasteiger partial charge in [-0.2, -0.15) is 5.10 Å². The van der Waals surface area contributed by atoms with Gasteiger partial charge in [0.1, 0.15) is 11.9 Å². The van der Waals surface area contributed by atoms with E-state index in [0.717, 1.165) is 36.9 Å². The fourth-order valence-electron chi connectivity index (χ4n) is 5.26. The van der Waals surface area contributed by atoms with Crippen LogP contribution >= 0.6 is 22.9 Å². The van der Waals surface area contributed by atoms with Crippen molar-refractivity contribution in [3.63, 3.8) is 0 Å². The van der Waals surface area contributed by atoms with Crippen molar-refractivity contribution < 1.29 is 23.8 Å². The first-order valence-corrected chi connectivity index (χ1v) is 13.9. The van der Waals surface area contributed by atoms with Crippen LogP contribution in [0.15, 0.2) is 58.4 Å². The number of ether oxygens (including phenoxy) is 1. The smallest absolute Gasteiger partial charge is 0.338 e. The highest BCUT2D eigenvalue weighted by molar-refractivity contribution is 7.11. The van der Waals surface area contributed by atoms with Crippen molar-refractivity contribution in [3.05, 3.63) is 80.4 Å². The van der Waals surface area contributed by atoms with Crippen molar-refractivity contribution in [2.75, 3.05) is 7.11 Å². The maximum absolute atomic E-state index is 13.9. The number of allylic oxidation sites excluding steroid dienone is 1. The van der Waals surface area contributed by atoms with Crippen molar-refractivity contribution in [1.82, 2.24) is 20.1 Å². The third-order valence-corrected chi connectivity index (χ3v) is 8.29. The van der Waals surface area contributed by atoms with Crippen molar-refractivity contribution in [3.8, 4) is 0 Å². The van der Waals surface area contributed by atoms with Gasteiger partial charge < -0.3 is 15.2 Å². The summed E-state index contributed by atoms with van der Waals surface area (Å²) in [5.74, 6) is -1.03. The van der Waals surface area contributed by atoms with Gasteiger partial charge in [0.05, 0.1) is 31.8 Å². The summed E-state index contributed by atoms with van der Waals surface area (Å²) in [5.41, 5.74) is 2.67. The molecule has 0 spiro atoms. The normalized spacial score (nSPS) is 21.3. The zero-order chi connectivity index (χ0) is 27.5. The highest BCUT2D eigenvalue weighted by atomic mass is 35.5. The molecule has 1 saturated carbocycles. The first-order chi connectivity index (χ1) is 18.8. The summed E-state index contributed by atoms with van der Waals surface area (Å²) in [4.78, 5) is 33.3. The van der Waals surface area contributed by atoms with Crippen LogP contribution in [0.4, 0.5) is 4.39 Å². The van der Waals surface area contributed by atoms with E-state index in [1.165, 1.54) is 30.6 Å². The van der Waals surface area contributed by atoms with Crippen molar-refractivity contribution >= 4 is 40.7 Å². The summed E-state index contributed by atoms with van der Waals surface area (Å²) in [6.45, 7) is 0.330. The first-order valence-electron chi connectivity index (χ1n) is 12.6. The number of nitrogens with one attached hydrogen (secondary N) is 1. The molecule has 2 aromatic heterocycles. The SMILES string of the molecule is COC(=O)C1=C(C2CCC(c3cnn(CCC(=O)O)c3)CC2)NC(c2nccs2)=NC1c1ccc(F)cc1Cl. The number of rotatable bonds is 8. The number of aryl methyl sites for hydroxylation is 1. The number of methoxy groups -OCH3 is 1. The molecule has 1 fully saturated rings. The Morgan fingerprint density at radius 2 is 2.03 bits per heavy atom. The highest BCUT2D eigenvalue weighted by Crippen LogP contribution is 2.43. The van der Waals surface area contributed by atoms with E-state index in [1.54, 1.807) is 16.9 Å². The lowest BCUT2D eigenvalue weighted by molar-refractivity contribution is -0.138. The average molecular weight is 572 g/mol. The summed E-state index contributed by atoms with van der Waals surface area (Å²) < 4.78 is 20.8. The minimum atomic E-state index is -0.858. The standard InChI is InChI=1S/C27H27ClFN5O4S/c1-38-27(37)22-23(16-4-2-15(3-5-16)17-13-31-34(14-17)10-8-21(35)36)32-25(26-30-9-11-39-26)33-24(22)19-7-6-18(29)12-20(19)28/h6-7,9,11-16,24H,2-5,8,10H2,1H3,(H,32,33)(H,35,36). The molecule has 39 heavy (non-hydrogen) atoms. The lowest BCUT2D eigenvalue weighted by Crippen LogP contribution is -2.37. The lowest BCUT2D eigenvalue weighted by atomic mass is 9.76. The monoisotopic (exact) mass is 571 g/mol. The second kappa shape index (κ2) is 11.7. The van der Waals surface area contributed by atoms with Gasteiger partial charge in [0.25, 0.3) is 0 Å². The fourth-order valence-corrected chi connectivity index (χ4v) is 6.12. The number of thiazole rings is 1. The molecule has 0 radical (unpaired) electrons. The van der Waals surface area contributed by atoms with Crippen LogP contribution in [0.3, 0.4) is 0 Å². The molecular weight excluding hydrogens is 545 g/mol. The number of benzene rings is 1. The van der Waals surface area contributed by atoms with Gasteiger partial charge >= 0.3 is 11.9 Å². The molecular formula is C27H27ClFN5O4S. The Bertz CT molecular complexity index is 1430. The number of carboxylic acid groups (broad SMARTS) is 1. The number of carboxylic acids is 1. The first kappa shape index (κ1) is 27.0. The molecule has 2 N–H and O–H groups in total. The van der Waals surface area contributed by atoms with Crippen molar-refractivity contribution in [1.29, 1.82) is 0 Å². The number of carbonyl (C=O) groups excluding carboxylic acids is 1. The van der Waals surface area contributed by atoms with Crippen LogP contribution in [0.2, 0.25) is 5.02 Å². The Balaban J connectivity index is 1.45. The molecule has 1 unspecified atom stereocenters. The Hall–Kier alpha value is -3.57. The van der Waals surface area contributed by atoms with Crippen LogP contribution in [0.1, 0.15) is 60.2 Å². The number of hydrogen-bond acceptors (Lipinski definition) is 8. The second-order valence-electron chi connectivity index (χ2n) is 9.56. The minimum Gasteiger partial charge on any atom is -0.481 e. The van der Waals surface area contributed by atoms with Gasteiger partial charge in [-0.25, -0.2) is 14.2 Å². The van der Waals surface area contributed by atoms with E-state index in [9.17, 15) is 14.0 Å². The third-order valence-electron chi connectivity index (χ3n) is 7.19. The van der Waals surface area contributed by atoms with E-state index in [-0.39, 0.29) is 23.3 Å². The molecule has 12 heteroatoms. The number of amidine groups is 1. The summed E-state index contributed by atoms with van der Waals surface area (Å²) >= 11 is 7.87. The van der Waals surface area contributed by atoms with Crippen LogP contribution in [-0.4, -0.2) is 44.8 Å². The van der Waals surface area contributed by atoms with E-state index in [0.29, 0.717) is 28.5 Å². The summed E-state index contributed by atoms with van der Waals surface area (Å²) in [6.07, 6.45) is 8.75. The largest absolute Gasteiger partial charge is 0.481 e. The third kappa shape index (κ3) is 5.89. The van der Waals surface area contributed by atoms with Crippen LogP contribution in [0.25, 0.3) is 0 Å². The summed E-state index contributed by atoms with van der Waals surface area (Å²) in [5, 5.41) is 19.3. The number of carbonyl (C=O) groups is 2. The van der Waals surface area contributed by atoms with E-state index >= 15 is 0 Å². The quantitative estimate of drug-likeness (QED) is 0.361. The Morgan fingerprint density at radius 1 is 1.26 bits per heavy atom. The van der Waals surface area contributed by atoms with Crippen LogP contribution in [0.5, 0.6) is 0 Å². The van der Waals surface area contributed by atoms with Gasteiger partial charge in [-0.05, 0) is 55.2 Å². The number of aliphatic carboxylic acids is 1. The number of aliphatic imine (C=N–C) groups is 1. The molecule has 3 heterocycles. The van der Waals surface area contributed by atoms with Crippen molar-refractivity contribution in [2.45, 2.75) is 50.6 Å². The molecule has 5 rings (SSSR count). The molecule has 1 aliphatic heterocycles. The molecule has 0 amide bonds. The molecule has 1 aliphatic carbocycles. The molecule has 9 nitrogen and oxygen atoms in total. The fraction of sp³-hybridized carbons (Fsp3) is 0.370.